The van der Waals surface area contributed by atoms with E-state index in [-0.39, 0.29) is 0 Å². The number of nitrogens with zero attached hydrogens (tertiary/aromatic N) is 1. The predicted molar refractivity (Wildman–Crippen MR) is 98.0 cm³/mol. The second kappa shape index (κ2) is 11.7. The van der Waals surface area contributed by atoms with Gasteiger partial charge in [0.15, 0.2) is 5.96 Å². The van der Waals surface area contributed by atoms with E-state index >= 15 is 0 Å². The Balaban J connectivity index is 1.50. The summed E-state index contributed by atoms with van der Waals surface area (Å²) in [4.78, 5) is 4.72. The molecule has 0 bridgehead atoms. The standard InChI is InChI=1S/C19H37N3O/c1-2-20-19(22-17-11-7-8-12-17)21-15-9-4-10-16-23-18-13-5-3-6-14-18/h17-18H,2-16H2,1H3,(H2,20,21,22). The van der Waals surface area contributed by atoms with Crippen LogP contribution in [0.4, 0.5) is 0 Å². The second-order valence-corrected chi connectivity index (χ2v) is 7.08. The molecule has 2 aliphatic carbocycles. The van der Waals surface area contributed by atoms with Crippen LogP contribution in [0.1, 0.15) is 84.0 Å². The van der Waals surface area contributed by atoms with Gasteiger partial charge in [0.1, 0.15) is 0 Å². The van der Waals surface area contributed by atoms with E-state index in [1.807, 2.05) is 0 Å². The van der Waals surface area contributed by atoms with Crippen LogP contribution < -0.4 is 10.6 Å². The molecule has 0 aromatic carbocycles. The molecule has 0 heterocycles. The molecule has 0 aliphatic heterocycles. The Labute approximate surface area is 142 Å². The monoisotopic (exact) mass is 323 g/mol. The maximum atomic E-state index is 5.98. The third kappa shape index (κ3) is 8.05. The summed E-state index contributed by atoms with van der Waals surface area (Å²) in [5, 5.41) is 6.94. The third-order valence-corrected chi connectivity index (χ3v) is 5.02. The first kappa shape index (κ1) is 18.6. The van der Waals surface area contributed by atoms with Crippen molar-refractivity contribution in [3.05, 3.63) is 0 Å². The van der Waals surface area contributed by atoms with Gasteiger partial charge in [-0.1, -0.05) is 32.1 Å². The Morgan fingerprint density at radius 1 is 0.957 bits per heavy atom. The summed E-state index contributed by atoms with van der Waals surface area (Å²) in [7, 11) is 0. The molecule has 23 heavy (non-hydrogen) atoms. The van der Waals surface area contributed by atoms with Gasteiger partial charge in [-0.15, -0.1) is 0 Å². The van der Waals surface area contributed by atoms with E-state index in [0.717, 1.165) is 32.1 Å². The Bertz CT molecular complexity index is 321. The van der Waals surface area contributed by atoms with Crippen molar-refractivity contribution in [3.63, 3.8) is 0 Å². The number of nitrogens with one attached hydrogen (secondary N) is 2. The molecule has 0 saturated heterocycles. The van der Waals surface area contributed by atoms with E-state index in [4.69, 9.17) is 9.73 Å². The normalized spacial score (nSPS) is 20.8. The van der Waals surface area contributed by atoms with Crippen LogP contribution in [-0.2, 0) is 4.74 Å². The zero-order valence-corrected chi connectivity index (χ0v) is 15.1. The fraction of sp³-hybridized carbons (Fsp3) is 0.947. The lowest BCUT2D eigenvalue weighted by molar-refractivity contribution is 0.0264. The number of aliphatic imine (C=N–C) groups is 1. The molecule has 4 heteroatoms. The largest absolute Gasteiger partial charge is 0.378 e. The number of rotatable bonds is 9. The molecule has 134 valence electrons. The molecule has 2 N–H and O–H groups in total. The fourth-order valence-corrected chi connectivity index (χ4v) is 3.65. The molecule has 0 aromatic heterocycles. The summed E-state index contributed by atoms with van der Waals surface area (Å²) in [5.41, 5.74) is 0. The zero-order chi connectivity index (χ0) is 16.2. The van der Waals surface area contributed by atoms with Crippen LogP contribution in [0.5, 0.6) is 0 Å². The smallest absolute Gasteiger partial charge is 0.191 e. The fourth-order valence-electron chi connectivity index (χ4n) is 3.65. The number of hydrogen-bond acceptors (Lipinski definition) is 2. The van der Waals surface area contributed by atoms with Gasteiger partial charge in [0.2, 0.25) is 0 Å². The number of hydrogen-bond donors (Lipinski definition) is 2. The first-order valence-corrected chi connectivity index (χ1v) is 10.0. The van der Waals surface area contributed by atoms with E-state index in [9.17, 15) is 0 Å². The van der Waals surface area contributed by atoms with Gasteiger partial charge < -0.3 is 15.4 Å². The van der Waals surface area contributed by atoms with Crippen molar-refractivity contribution in [2.45, 2.75) is 96.1 Å². The van der Waals surface area contributed by atoms with E-state index in [1.54, 1.807) is 0 Å². The van der Waals surface area contributed by atoms with Crippen LogP contribution in [0.2, 0.25) is 0 Å². The minimum atomic E-state index is 0.553. The maximum Gasteiger partial charge on any atom is 0.191 e. The van der Waals surface area contributed by atoms with Crippen LogP contribution in [-0.4, -0.2) is 37.8 Å². The quantitative estimate of drug-likeness (QED) is 0.383. The number of ether oxygens (including phenoxy) is 1. The highest BCUT2D eigenvalue weighted by atomic mass is 16.5. The predicted octanol–water partition coefficient (Wildman–Crippen LogP) is 4.00. The van der Waals surface area contributed by atoms with Crippen molar-refractivity contribution in [3.8, 4) is 0 Å². The average Bonchev–Trinajstić information content (AvgIpc) is 3.08. The molecule has 0 amide bonds. The van der Waals surface area contributed by atoms with Gasteiger partial charge in [-0.3, -0.25) is 4.99 Å². The number of guanidine groups is 1. The zero-order valence-electron chi connectivity index (χ0n) is 15.1. The average molecular weight is 324 g/mol. The lowest BCUT2D eigenvalue weighted by atomic mass is 9.98. The summed E-state index contributed by atoms with van der Waals surface area (Å²) in [6, 6.07) is 0.636. The Hall–Kier alpha value is -0.770. The van der Waals surface area contributed by atoms with Crippen LogP contribution in [0.15, 0.2) is 4.99 Å². The Morgan fingerprint density at radius 3 is 2.43 bits per heavy atom. The van der Waals surface area contributed by atoms with Gasteiger partial charge in [0.05, 0.1) is 6.10 Å². The minimum absolute atomic E-state index is 0.553. The van der Waals surface area contributed by atoms with Crippen LogP contribution in [0.25, 0.3) is 0 Å². The molecule has 0 radical (unpaired) electrons. The molecule has 2 saturated carbocycles. The second-order valence-electron chi connectivity index (χ2n) is 7.08. The molecular formula is C19H37N3O. The van der Waals surface area contributed by atoms with Gasteiger partial charge in [-0.2, -0.15) is 0 Å². The van der Waals surface area contributed by atoms with Gasteiger partial charge in [-0.25, -0.2) is 0 Å². The van der Waals surface area contributed by atoms with Crippen LogP contribution in [0, 0.1) is 0 Å². The Kier molecular flexibility index (Phi) is 9.46. The topological polar surface area (TPSA) is 45.7 Å². The summed E-state index contributed by atoms with van der Waals surface area (Å²) in [5.74, 6) is 1.01. The molecule has 0 spiro atoms. The molecular weight excluding hydrogens is 286 g/mol. The lowest BCUT2D eigenvalue weighted by Crippen LogP contribution is -2.42. The van der Waals surface area contributed by atoms with Crippen molar-refractivity contribution < 1.29 is 4.74 Å². The minimum Gasteiger partial charge on any atom is -0.378 e. The molecule has 2 aliphatic rings. The summed E-state index contributed by atoms with van der Waals surface area (Å²) < 4.78 is 5.98. The van der Waals surface area contributed by atoms with Crippen molar-refractivity contribution in [2.24, 2.45) is 4.99 Å². The van der Waals surface area contributed by atoms with E-state index in [0.29, 0.717) is 12.1 Å². The van der Waals surface area contributed by atoms with Crippen LogP contribution in [0.3, 0.4) is 0 Å². The van der Waals surface area contributed by atoms with E-state index < -0.39 is 0 Å². The summed E-state index contributed by atoms with van der Waals surface area (Å²) >= 11 is 0. The van der Waals surface area contributed by atoms with Crippen molar-refractivity contribution in [1.29, 1.82) is 0 Å². The van der Waals surface area contributed by atoms with Gasteiger partial charge in [0.25, 0.3) is 0 Å². The highest BCUT2D eigenvalue weighted by Crippen LogP contribution is 2.20. The van der Waals surface area contributed by atoms with Crippen molar-refractivity contribution in [1.82, 2.24) is 10.6 Å². The first-order chi connectivity index (χ1) is 11.4. The number of unbranched alkanes of at least 4 members (excludes halogenated alkanes) is 2. The lowest BCUT2D eigenvalue weighted by Gasteiger charge is -2.21. The summed E-state index contributed by atoms with van der Waals surface area (Å²) in [6.07, 6.45) is 16.1. The first-order valence-electron chi connectivity index (χ1n) is 10.0. The highest BCUT2D eigenvalue weighted by Gasteiger charge is 2.15. The summed E-state index contributed by atoms with van der Waals surface area (Å²) in [6.45, 7) is 4.93. The van der Waals surface area contributed by atoms with E-state index in [2.05, 4.69) is 17.6 Å². The Morgan fingerprint density at radius 2 is 1.70 bits per heavy atom. The molecule has 2 fully saturated rings. The highest BCUT2D eigenvalue weighted by molar-refractivity contribution is 5.80. The van der Waals surface area contributed by atoms with Crippen molar-refractivity contribution in [2.75, 3.05) is 19.7 Å². The maximum absolute atomic E-state index is 5.98. The van der Waals surface area contributed by atoms with Crippen molar-refractivity contribution >= 4 is 5.96 Å². The molecule has 4 nitrogen and oxygen atoms in total. The van der Waals surface area contributed by atoms with Crippen LogP contribution >= 0.6 is 0 Å². The SMILES string of the molecule is CCNC(=NCCCCCOC1CCCCC1)NC1CCCC1. The van der Waals surface area contributed by atoms with Gasteiger partial charge in [-0.05, 0) is 51.9 Å². The van der Waals surface area contributed by atoms with Gasteiger partial charge in [0, 0.05) is 25.7 Å². The molecule has 0 aromatic rings. The van der Waals surface area contributed by atoms with Gasteiger partial charge >= 0.3 is 0 Å². The molecule has 0 atom stereocenters. The third-order valence-electron chi connectivity index (χ3n) is 5.02. The van der Waals surface area contributed by atoms with E-state index in [1.165, 1.54) is 70.6 Å². The molecule has 2 rings (SSSR count). The molecule has 0 unspecified atom stereocenters.